The van der Waals surface area contributed by atoms with Crippen LogP contribution in [0.3, 0.4) is 0 Å². The van der Waals surface area contributed by atoms with Gasteiger partial charge in [0.2, 0.25) is 11.8 Å². The second-order valence-corrected chi connectivity index (χ2v) is 20.2. The number of fused-ring (bicyclic) bond motifs is 2. The lowest BCUT2D eigenvalue weighted by Crippen LogP contribution is -2.65. The number of carbonyl (C=O) groups is 4. The van der Waals surface area contributed by atoms with E-state index in [4.69, 9.17) is 23.2 Å². The smallest absolute Gasteiger partial charge is 0.271 e. The van der Waals surface area contributed by atoms with Crippen molar-refractivity contribution < 1.29 is 19.2 Å². The van der Waals surface area contributed by atoms with Gasteiger partial charge in [-0.15, -0.1) is 0 Å². The van der Waals surface area contributed by atoms with Crippen molar-refractivity contribution in [3.63, 3.8) is 0 Å². The lowest BCUT2D eigenvalue weighted by molar-refractivity contribution is -0.134. The fourth-order valence-electron chi connectivity index (χ4n) is 11.2. The Morgan fingerprint density at radius 3 is 1.93 bits per heavy atom. The Labute approximate surface area is 402 Å². The van der Waals surface area contributed by atoms with Crippen LogP contribution < -0.4 is 10.6 Å². The molecule has 2 saturated carbocycles. The number of hydrogen-bond acceptors (Lipinski definition) is 4. The zero-order chi connectivity index (χ0) is 46.5. The lowest BCUT2D eigenvalue weighted by atomic mass is 9.92. The van der Waals surface area contributed by atoms with Gasteiger partial charge in [0.05, 0.1) is 18.8 Å². The summed E-state index contributed by atoms with van der Waals surface area (Å²) in [6.45, 7) is 4.86. The maximum absolute atomic E-state index is 15.1. The number of carbonyl (C=O) groups excluding carboxylic acids is 4. The molecule has 10 rings (SSSR count). The molecule has 4 aliphatic rings. The molecule has 344 valence electrons. The van der Waals surface area contributed by atoms with Crippen LogP contribution in [0.4, 0.5) is 0 Å². The highest BCUT2D eigenvalue weighted by Crippen LogP contribution is 2.45. The summed E-state index contributed by atoms with van der Waals surface area (Å²) in [5, 5.41) is 7.97. The molecule has 2 N–H and O–H groups in total. The number of nitrogens with one attached hydrogen (secondary N) is 2. The molecule has 2 aliphatic carbocycles. The fourth-order valence-corrected chi connectivity index (χ4v) is 11.5. The summed E-state index contributed by atoms with van der Waals surface area (Å²) in [6, 6.07) is 40.9. The molecular formula is C55H56Cl2N6O4. The van der Waals surface area contributed by atoms with Crippen molar-refractivity contribution in [3.8, 4) is 22.5 Å². The van der Waals surface area contributed by atoms with Crippen LogP contribution in [0, 0.1) is 0 Å². The molecule has 2 fully saturated rings. The van der Waals surface area contributed by atoms with Crippen LogP contribution in [0.15, 0.2) is 127 Å². The van der Waals surface area contributed by atoms with Crippen molar-refractivity contribution >= 4 is 46.8 Å². The Kier molecular flexibility index (Phi) is 12.1. The van der Waals surface area contributed by atoms with Crippen LogP contribution in [0.5, 0.6) is 0 Å². The van der Waals surface area contributed by atoms with Gasteiger partial charge in [0.1, 0.15) is 22.5 Å². The molecule has 12 heteroatoms. The molecule has 4 atom stereocenters. The first-order valence-corrected chi connectivity index (χ1v) is 24.4. The van der Waals surface area contributed by atoms with Crippen molar-refractivity contribution in [3.05, 3.63) is 166 Å². The van der Waals surface area contributed by atoms with E-state index >= 15 is 9.59 Å². The molecule has 0 spiro atoms. The van der Waals surface area contributed by atoms with E-state index in [-0.39, 0.29) is 54.7 Å². The summed E-state index contributed by atoms with van der Waals surface area (Å²) >= 11 is 12.9. The first-order valence-electron chi connectivity index (χ1n) is 23.7. The number of hydrogen-bond donors (Lipinski definition) is 2. The van der Waals surface area contributed by atoms with E-state index in [1.54, 1.807) is 15.9 Å². The van der Waals surface area contributed by atoms with Gasteiger partial charge >= 0.3 is 0 Å². The molecule has 67 heavy (non-hydrogen) atoms. The highest BCUT2D eigenvalue weighted by atomic mass is 35.5. The third-order valence-corrected chi connectivity index (χ3v) is 15.6. The molecular weight excluding hydrogens is 880 g/mol. The van der Waals surface area contributed by atoms with Crippen molar-refractivity contribution in [2.45, 2.75) is 114 Å². The second kappa shape index (κ2) is 18.2. The second-order valence-electron chi connectivity index (χ2n) is 19.3. The van der Waals surface area contributed by atoms with Crippen molar-refractivity contribution in [1.29, 1.82) is 0 Å². The van der Waals surface area contributed by atoms with E-state index in [2.05, 4.69) is 33.4 Å². The molecule has 4 amide bonds. The number of amides is 4. The van der Waals surface area contributed by atoms with E-state index in [1.165, 1.54) is 0 Å². The number of aromatic nitrogens is 2. The number of halogens is 2. The first kappa shape index (κ1) is 44.7. The third kappa shape index (κ3) is 8.37. The van der Waals surface area contributed by atoms with E-state index in [9.17, 15) is 9.59 Å². The maximum atomic E-state index is 15.1. The van der Waals surface area contributed by atoms with Crippen molar-refractivity contribution in [1.82, 2.24) is 29.6 Å². The van der Waals surface area contributed by atoms with Gasteiger partial charge < -0.3 is 29.6 Å². The Hall–Kier alpha value is -6.10. The zero-order valence-corrected chi connectivity index (χ0v) is 39.5. The fraction of sp³-hybridized carbons (Fsp3) is 0.345. The monoisotopic (exact) mass is 934 g/mol. The summed E-state index contributed by atoms with van der Waals surface area (Å²) in [5.41, 5.74) is 5.23. The minimum absolute atomic E-state index is 0.00764. The molecule has 6 aromatic rings. The highest BCUT2D eigenvalue weighted by molar-refractivity contribution is 6.31. The molecule has 0 radical (unpaired) electrons. The molecule has 4 aromatic carbocycles. The van der Waals surface area contributed by atoms with Crippen LogP contribution in [0.1, 0.15) is 102 Å². The van der Waals surface area contributed by atoms with E-state index in [1.807, 2.05) is 122 Å². The number of benzene rings is 4. The van der Waals surface area contributed by atoms with Crippen LogP contribution in [0.2, 0.25) is 10.0 Å². The molecule has 2 aliphatic heterocycles. The molecule has 0 saturated heterocycles. The SMILES string of the molecule is CC1(C(=O)NC2CCC(c3cc4n(c3-c3ccccc3)CC(C)(C(=O)NC3CCCC3)N(CCc3ccc(Cl)cc3)C4=O)C2)Cn2c(ccc2-c2ccccc2)C(=O)N1Cc1ccccc1Cl. The Morgan fingerprint density at radius 2 is 1.22 bits per heavy atom. The van der Waals surface area contributed by atoms with Crippen molar-refractivity contribution in [2.75, 3.05) is 6.54 Å². The van der Waals surface area contributed by atoms with Gasteiger partial charge in [-0.05, 0) is 123 Å². The van der Waals surface area contributed by atoms with Gasteiger partial charge in [0.25, 0.3) is 11.8 Å². The number of nitrogens with zero attached hydrogens (tertiary/aromatic N) is 4. The highest BCUT2D eigenvalue weighted by Gasteiger charge is 2.51. The number of rotatable bonds is 12. The molecule has 10 nitrogen and oxygen atoms in total. The lowest BCUT2D eigenvalue weighted by Gasteiger charge is -2.45. The summed E-state index contributed by atoms with van der Waals surface area (Å²) in [4.78, 5) is 62.8. The predicted octanol–water partition coefficient (Wildman–Crippen LogP) is 10.3. The minimum Gasteiger partial charge on any atom is -0.351 e. The quantitative estimate of drug-likeness (QED) is 0.127. The van der Waals surface area contributed by atoms with E-state index < -0.39 is 11.1 Å². The van der Waals surface area contributed by atoms with Gasteiger partial charge in [0.15, 0.2) is 0 Å². The Morgan fingerprint density at radius 1 is 0.627 bits per heavy atom. The molecule has 4 unspecified atom stereocenters. The summed E-state index contributed by atoms with van der Waals surface area (Å²) < 4.78 is 4.07. The summed E-state index contributed by atoms with van der Waals surface area (Å²) in [5.74, 6) is -0.768. The van der Waals surface area contributed by atoms with E-state index in [0.29, 0.717) is 53.8 Å². The van der Waals surface area contributed by atoms with E-state index in [0.717, 1.165) is 71.3 Å². The van der Waals surface area contributed by atoms with Gasteiger partial charge in [-0.25, -0.2) is 0 Å². The normalized spacial score (nSPS) is 22.7. The molecule has 4 heterocycles. The summed E-state index contributed by atoms with van der Waals surface area (Å²) in [6.07, 6.45) is 6.73. The van der Waals surface area contributed by atoms with Gasteiger partial charge in [0, 0.05) is 40.9 Å². The minimum atomic E-state index is -1.26. The topological polar surface area (TPSA) is 109 Å². The first-order chi connectivity index (χ1) is 32.4. The third-order valence-electron chi connectivity index (χ3n) is 15.0. The van der Waals surface area contributed by atoms with Crippen LogP contribution in [-0.2, 0) is 35.6 Å². The standard InChI is InChI=1S/C55H56Cl2N6O4/c1-54(52(66)58-42-18-10-11-19-42)35-61-48(51(65)62(54)30-29-36-21-24-41(56)25-22-36)32-44(49(61)38-15-7-4-8-16-38)39-23-26-43(31-39)59-53(67)55(2)34-60-46(37-13-5-3-6-14-37)27-28-47(60)50(64)63(55)33-40-17-9-12-20-45(40)57/h3-9,12-17,20-22,24-25,27-28,32,39,42-43H,10-11,18-19,23,26,29-31,33-35H2,1-2H3,(H,58,66)(H,59,67). The Balaban J connectivity index is 0.962. The van der Waals surface area contributed by atoms with Gasteiger partial charge in [-0.2, -0.15) is 0 Å². The van der Waals surface area contributed by atoms with Gasteiger partial charge in [-0.3, -0.25) is 19.2 Å². The van der Waals surface area contributed by atoms with Crippen LogP contribution in [-0.4, -0.2) is 72.3 Å². The predicted molar refractivity (Wildman–Crippen MR) is 263 cm³/mol. The van der Waals surface area contributed by atoms with Crippen LogP contribution in [0.25, 0.3) is 22.5 Å². The molecule has 0 bridgehead atoms. The molecule has 2 aromatic heterocycles. The Bertz CT molecular complexity index is 2840. The zero-order valence-electron chi connectivity index (χ0n) is 38.0. The summed E-state index contributed by atoms with van der Waals surface area (Å²) in [7, 11) is 0. The van der Waals surface area contributed by atoms with Gasteiger partial charge in [-0.1, -0.05) is 127 Å². The average Bonchev–Trinajstić information content (AvgIpc) is 4.17. The largest absolute Gasteiger partial charge is 0.351 e. The van der Waals surface area contributed by atoms with Crippen LogP contribution >= 0.6 is 23.2 Å². The average molecular weight is 936 g/mol. The van der Waals surface area contributed by atoms with Crippen molar-refractivity contribution in [2.24, 2.45) is 0 Å². The maximum Gasteiger partial charge on any atom is 0.271 e.